The fraction of sp³-hybridized carbons (Fsp3) is 0.176. The Morgan fingerprint density at radius 2 is 1.81 bits per heavy atom. The third-order valence-electron chi connectivity index (χ3n) is 4.28. The summed E-state index contributed by atoms with van der Waals surface area (Å²) in [6, 6.07) is 7.46. The predicted molar refractivity (Wildman–Crippen MR) is 107 cm³/mol. The van der Waals surface area contributed by atoms with Gasteiger partial charge in [0.25, 0.3) is 5.56 Å². The van der Waals surface area contributed by atoms with Gasteiger partial charge in [0, 0.05) is 25.0 Å². The second-order valence-corrected chi connectivity index (χ2v) is 7.57. The number of halogens is 2. The highest BCUT2D eigenvalue weighted by atomic mass is 35.5. The van der Waals surface area contributed by atoms with Gasteiger partial charge in [-0.2, -0.15) is 4.98 Å². The van der Waals surface area contributed by atoms with Gasteiger partial charge in [0.05, 0.1) is 17.3 Å². The summed E-state index contributed by atoms with van der Waals surface area (Å²) >= 11 is 13.9. The molecule has 0 radical (unpaired) electrons. The van der Waals surface area contributed by atoms with Crippen LogP contribution in [0.3, 0.4) is 0 Å². The molecule has 10 heteroatoms. The number of fused-ring (bicyclic) bond motifs is 1. The number of hydrogen-bond acceptors (Lipinski definition) is 5. The maximum absolute atomic E-state index is 12.6. The SMILES string of the molecule is Cn1c(=O)c2c(nc(Cl)n2Cc2csc(-c3ccccc3Cl)n2)n(C)c1=O. The number of nitrogens with zero attached hydrogens (tertiary/aromatic N) is 5. The van der Waals surface area contributed by atoms with Crippen LogP contribution in [-0.2, 0) is 20.6 Å². The number of benzene rings is 1. The molecular formula is C17H13Cl2N5O2S. The van der Waals surface area contributed by atoms with Crippen LogP contribution in [-0.4, -0.2) is 23.7 Å². The van der Waals surface area contributed by atoms with Gasteiger partial charge < -0.3 is 4.57 Å². The standard InChI is InChI=1S/C17H13Cl2N5O2S/c1-22-13-12(15(25)23(2)17(22)26)24(16(19)21-13)7-9-8-27-14(20-9)10-5-3-4-6-11(10)18/h3-6,8H,7H2,1-2H3. The minimum Gasteiger partial charge on any atom is -0.303 e. The minimum absolute atomic E-state index is 0.121. The van der Waals surface area contributed by atoms with Gasteiger partial charge in [0.15, 0.2) is 11.2 Å². The average molecular weight is 422 g/mol. The van der Waals surface area contributed by atoms with Crippen molar-refractivity contribution in [1.82, 2.24) is 23.7 Å². The fourth-order valence-corrected chi connectivity index (χ4v) is 4.22. The summed E-state index contributed by atoms with van der Waals surface area (Å²) in [7, 11) is 2.98. The second-order valence-electron chi connectivity index (χ2n) is 5.97. The summed E-state index contributed by atoms with van der Waals surface area (Å²) in [5, 5.41) is 3.40. The van der Waals surface area contributed by atoms with E-state index < -0.39 is 11.2 Å². The number of hydrogen-bond donors (Lipinski definition) is 0. The highest BCUT2D eigenvalue weighted by Crippen LogP contribution is 2.30. The second kappa shape index (κ2) is 6.63. The van der Waals surface area contributed by atoms with Crippen LogP contribution in [0, 0.1) is 0 Å². The molecule has 0 aliphatic heterocycles. The molecule has 0 spiro atoms. The van der Waals surface area contributed by atoms with Crippen LogP contribution >= 0.6 is 34.5 Å². The summed E-state index contributed by atoms with van der Waals surface area (Å²) in [4.78, 5) is 33.5. The summed E-state index contributed by atoms with van der Waals surface area (Å²) in [5.74, 6) is 0. The maximum atomic E-state index is 12.6. The first-order valence-corrected chi connectivity index (χ1v) is 9.53. The number of aryl methyl sites for hydroxylation is 1. The molecule has 7 nitrogen and oxygen atoms in total. The summed E-state index contributed by atoms with van der Waals surface area (Å²) < 4.78 is 3.90. The van der Waals surface area contributed by atoms with Crippen LogP contribution in [0.15, 0.2) is 39.2 Å². The molecule has 27 heavy (non-hydrogen) atoms. The van der Waals surface area contributed by atoms with Crippen LogP contribution < -0.4 is 11.2 Å². The van der Waals surface area contributed by atoms with E-state index in [1.54, 1.807) is 11.6 Å². The summed E-state index contributed by atoms with van der Waals surface area (Å²) in [5.41, 5.74) is 1.16. The highest BCUT2D eigenvalue weighted by Gasteiger charge is 2.19. The predicted octanol–water partition coefficient (Wildman–Crippen LogP) is 2.91. The van der Waals surface area contributed by atoms with Gasteiger partial charge in [-0.1, -0.05) is 29.8 Å². The molecule has 138 valence electrons. The van der Waals surface area contributed by atoms with Crippen molar-refractivity contribution >= 4 is 45.7 Å². The maximum Gasteiger partial charge on any atom is 0.332 e. The summed E-state index contributed by atoms with van der Waals surface area (Å²) in [6.45, 7) is 0.254. The van der Waals surface area contributed by atoms with Crippen LogP contribution in [0.5, 0.6) is 0 Å². The zero-order chi connectivity index (χ0) is 19.3. The Labute approximate surface area is 167 Å². The molecule has 0 saturated heterocycles. The molecule has 0 unspecified atom stereocenters. The van der Waals surface area contributed by atoms with Crippen molar-refractivity contribution in [2.24, 2.45) is 14.1 Å². The van der Waals surface area contributed by atoms with E-state index in [0.717, 1.165) is 15.1 Å². The van der Waals surface area contributed by atoms with E-state index in [1.807, 2.05) is 29.6 Å². The first kappa shape index (κ1) is 18.0. The monoisotopic (exact) mass is 421 g/mol. The number of thiazole rings is 1. The Bertz CT molecular complexity index is 1300. The minimum atomic E-state index is -0.455. The van der Waals surface area contributed by atoms with Gasteiger partial charge in [-0.25, -0.2) is 9.78 Å². The van der Waals surface area contributed by atoms with Crippen molar-refractivity contribution in [2.75, 3.05) is 0 Å². The van der Waals surface area contributed by atoms with Gasteiger partial charge in [0.2, 0.25) is 5.28 Å². The molecule has 0 aliphatic rings. The Morgan fingerprint density at radius 1 is 1.07 bits per heavy atom. The molecule has 0 aliphatic carbocycles. The van der Waals surface area contributed by atoms with Crippen LogP contribution in [0.4, 0.5) is 0 Å². The molecule has 0 fully saturated rings. The number of rotatable bonds is 3. The Kier molecular flexibility index (Phi) is 4.41. The smallest absolute Gasteiger partial charge is 0.303 e. The fourth-order valence-electron chi connectivity index (χ4n) is 2.86. The molecule has 0 bridgehead atoms. The topological polar surface area (TPSA) is 74.7 Å². The quantitative estimate of drug-likeness (QED) is 0.476. The third kappa shape index (κ3) is 2.90. The Hall–Kier alpha value is -2.42. The van der Waals surface area contributed by atoms with Gasteiger partial charge >= 0.3 is 5.69 Å². The lowest BCUT2D eigenvalue weighted by molar-refractivity contribution is 0.701. The Balaban J connectivity index is 1.82. The lowest BCUT2D eigenvalue weighted by Crippen LogP contribution is -2.37. The van der Waals surface area contributed by atoms with Crippen molar-refractivity contribution in [3.05, 3.63) is 66.5 Å². The van der Waals surface area contributed by atoms with Gasteiger partial charge in [-0.3, -0.25) is 13.9 Å². The van der Waals surface area contributed by atoms with E-state index in [-0.39, 0.29) is 23.0 Å². The van der Waals surface area contributed by atoms with Gasteiger partial charge in [-0.15, -0.1) is 11.3 Å². The molecular weight excluding hydrogens is 409 g/mol. The Morgan fingerprint density at radius 3 is 2.56 bits per heavy atom. The van der Waals surface area contributed by atoms with E-state index in [4.69, 9.17) is 23.2 Å². The zero-order valence-electron chi connectivity index (χ0n) is 14.3. The van der Waals surface area contributed by atoms with Crippen molar-refractivity contribution in [1.29, 1.82) is 0 Å². The summed E-state index contributed by atoms with van der Waals surface area (Å²) in [6.07, 6.45) is 0. The number of imidazole rings is 1. The lowest BCUT2D eigenvalue weighted by atomic mass is 10.2. The van der Waals surface area contributed by atoms with Gasteiger partial charge in [0.1, 0.15) is 5.01 Å². The lowest BCUT2D eigenvalue weighted by Gasteiger charge is -2.06. The molecule has 0 N–H and O–H groups in total. The molecule has 0 amide bonds. The zero-order valence-corrected chi connectivity index (χ0v) is 16.6. The van der Waals surface area contributed by atoms with Crippen LogP contribution in [0.2, 0.25) is 10.3 Å². The van der Waals surface area contributed by atoms with Gasteiger partial charge in [-0.05, 0) is 17.7 Å². The van der Waals surface area contributed by atoms with E-state index >= 15 is 0 Å². The molecule has 3 aromatic heterocycles. The molecule has 0 atom stereocenters. The first-order chi connectivity index (χ1) is 12.9. The van der Waals surface area contributed by atoms with E-state index in [2.05, 4.69) is 9.97 Å². The molecule has 1 aromatic carbocycles. The molecule has 0 saturated carbocycles. The molecule has 3 heterocycles. The average Bonchev–Trinajstić information content (AvgIpc) is 3.24. The van der Waals surface area contributed by atoms with E-state index in [0.29, 0.717) is 10.7 Å². The van der Waals surface area contributed by atoms with E-state index in [1.165, 1.54) is 23.0 Å². The molecule has 4 rings (SSSR count). The van der Waals surface area contributed by atoms with Crippen molar-refractivity contribution in [3.8, 4) is 10.6 Å². The van der Waals surface area contributed by atoms with Crippen molar-refractivity contribution in [3.63, 3.8) is 0 Å². The van der Waals surface area contributed by atoms with E-state index in [9.17, 15) is 9.59 Å². The third-order valence-corrected chi connectivity index (χ3v) is 5.82. The highest BCUT2D eigenvalue weighted by molar-refractivity contribution is 7.13. The van der Waals surface area contributed by atoms with Crippen molar-refractivity contribution < 1.29 is 0 Å². The molecule has 4 aromatic rings. The first-order valence-electron chi connectivity index (χ1n) is 7.89. The van der Waals surface area contributed by atoms with Crippen LogP contribution in [0.25, 0.3) is 21.7 Å². The van der Waals surface area contributed by atoms with Crippen molar-refractivity contribution in [2.45, 2.75) is 6.54 Å². The van der Waals surface area contributed by atoms with Crippen LogP contribution in [0.1, 0.15) is 5.69 Å². The number of aromatic nitrogens is 5. The normalized spacial score (nSPS) is 11.4. The largest absolute Gasteiger partial charge is 0.332 e.